The maximum absolute atomic E-state index is 13.2. The molecule has 0 radical (unpaired) electrons. The Kier molecular flexibility index (Phi) is 8.57. The zero-order chi connectivity index (χ0) is 27.3. The molecule has 0 bridgehead atoms. The Bertz CT molecular complexity index is 1200. The summed E-state index contributed by atoms with van der Waals surface area (Å²) < 4.78 is 49.1. The van der Waals surface area contributed by atoms with Gasteiger partial charge < -0.3 is 28.8 Å². The van der Waals surface area contributed by atoms with Crippen LogP contribution in [0.25, 0.3) is 17.3 Å². The van der Waals surface area contributed by atoms with E-state index in [2.05, 4.69) is 16.9 Å². The van der Waals surface area contributed by atoms with Crippen LogP contribution in [-0.2, 0) is 21.3 Å². The van der Waals surface area contributed by atoms with E-state index < -0.39 is 24.1 Å². The van der Waals surface area contributed by atoms with Crippen LogP contribution in [0.1, 0.15) is 49.8 Å². The van der Waals surface area contributed by atoms with Crippen LogP contribution in [0, 0.1) is 0 Å². The first kappa shape index (κ1) is 27.7. The summed E-state index contributed by atoms with van der Waals surface area (Å²) in [7, 11) is 3.05. The molecule has 200 valence electrons. The number of imidazole rings is 1. The second kappa shape index (κ2) is 11.4. The van der Waals surface area contributed by atoms with Crippen LogP contribution >= 0.6 is 0 Å². The molecular formula is C26H31F2N3O6. The van der Waals surface area contributed by atoms with E-state index in [0.717, 1.165) is 12.8 Å². The van der Waals surface area contributed by atoms with Crippen molar-refractivity contribution in [2.24, 2.45) is 7.05 Å². The molecule has 0 aliphatic heterocycles. The minimum absolute atomic E-state index is 0.0118. The summed E-state index contributed by atoms with van der Waals surface area (Å²) >= 11 is 0. The summed E-state index contributed by atoms with van der Waals surface area (Å²) in [6.45, 7) is 5.64. The number of alkyl halides is 2. The standard InChI is InChI=1S/C26H31F2N3O6/c1-7-17(37-26(3,4)24(33)35-8-2)13-21-29-14-18(31(21)5)15-11-19(34-6)22(20(12-15)36-25(27)28)23(32)30-16-9-10-16/h7,11-14,16,25H,1,8-10H2,2-6H3,(H,30,32)/b17-13+. The van der Waals surface area contributed by atoms with Crippen molar-refractivity contribution in [3.8, 4) is 22.8 Å². The van der Waals surface area contributed by atoms with Gasteiger partial charge in [0.25, 0.3) is 5.91 Å². The number of amides is 1. The fourth-order valence-corrected chi connectivity index (χ4v) is 3.52. The molecule has 1 fully saturated rings. The first-order valence-electron chi connectivity index (χ1n) is 11.7. The van der Waals surface area contributed by atoms with E-state index >= 15 is 0 Å². The van der Waals surface area contributed by atoms with E-state index in [4.69, 9.17) is 18.9 Å². The number of rotatable bonds is 12. The quantitative estimate of drug-likeness (QED) is 0.251. The number of carbonyl (C=O) groups is 2. The lowest BCUT2D eigenvalue weighted by molar-refractivity contribution is -0.162. The fourth-order valence-electron chi connectivity index (χ4n) is 3.52. The summed E-state index contributed by atoms with van der Waals surface area (Å²) in [5.41, 5.74) is -0.427. The number of hydrogen-bond acceptors (Lipinski definition) is 7. The van der Waals surface area contributed by atoms with Gasteiger partial charge in [0.2, 0.25) is 0 Å². The van der Waals surface area contributed by atoms with Crippen LogP contribution in [0.15, 0.2) is 36.7 Å². The molecule has 1 amide bonds. The molecule has 1 aliphatic rings. The van der Waals surface area contributed by atoms with Gasteiger partial charge in [-0.3, -0.25) is 4.79 Å². The van der Waals surface area contributed by atoms with Crippen LogP contribution in [0.3, 0.4) is 0 Å². The summed E-state index contributed by atoms with van der Waals surface area (Å²) in [5, 5.41) is 2.77. The van der Waals surface area contributed by atoms with Crippen molar-refractivity contribution in [2.75, 3.05) is 13.7 Å². The molecule has 1 aliphatic carbocycles. The van der Waals surface area contributed by atoms with E-state index in [0.29, 0.717) is 17.1 Å². The van der Waals surface area contributed by atoms with Gasteiger partial charge in [0.15, 0.2) is 5.60 Å². The van der Waals surface area contributed by atoms with Crippen molar-refractivity contribution < 1.29 is 37.3 Å². The van der Waals surface area contributed by atoms with E-state index in [1.54, 1.807) is 44.5 Å². The molecule has 0 atom stereocenters. The number of nitrogens with one attached hydrogen (secondary N) is 1. The summed E-state index contributed by atoms with van der Waals surface area (Å²) in [6, 6.07) is 2.91. The average Bonchev–Trinajstić information content (AvgIpc) is 3.58. The van der Waals surface area contributed by atoms with Crippen LogP contribution in [0.5, 0.6) is 11.5 Å². The Hall–Kier alpha value is -3.89. The topological polar surface area (TPSA) is 101 Å². The number of esters is 1. The van der Waals surface area contributed by atoms with Crippen molar-refractivity contribution >= 4 is 18.0 Å². The molecule has 1 saturated carbocycles. The number of hydrogen-bond donors (Lipinski definition) is 1. The molecule has 0 spiro atoms. The smallest absolute Gasteiger partial charge is 0.387 e. The first-order chi connectivity index (χ1) is 17.5. The number of aromatic nitrogens is 2. The van der Waals surface area contributed by atoms with Gasteiger partial charge in [-0.15, -0.1) is 0 Å². The molecule has 2 aromatic rings. The third kappa shape index (κ3) is 6.66. The van der Waals surface area contributed by atoms with Crippen LogP contribution < -0.4 is 14.8 Å². The predicted octanol–water partition coefficient (Wildman–Crippen LogP) is 4.47. The lowest BCUT2D eigenvalue weighted by Gasteiger charge is -2.24. The largest absolute Gasteiger partial charge is 0.496 e. The summed E-state index contributed by atoms with van der Waals surface area (Å²) in [6.07, 6.45) is 6.18. The number of carbonyl (C=O) groups excluding carboxylic acids is 2. The van der Waals surface area contributed by atoms with Gasteiger partial charge in [0.1, 0.15) is 28.6 Å². The van der Waals surface area contributed by atoms with Gasteiger partial charge in [-0.2, -0.15) is 8.78 Å². The molecule has 11 heteroatoms. The van der Waals surface area contributed by atoms with Crippen molar-refractivity contribution in [1.82, 2.24) is 14.9 Å². The molecule has 1 heterocycles. The van der Waals surface area contributed by atoms with Crippen LogP contribution in [0.2, 0.25) is 0 Å². The Labute approximate surface area is 214 Å². The van der Waals surface area contributed by atoms with Crippen molar-refractivity contribution in [2.45, 2.75) is 51.9 Å². The lowest BCUT2D eigenvalue weighted by Crippen LogP contribution is -2.36. The van der Waals surface area contributed by atoms with Gasteiger partial charge in [0, 0.05) is 24.7 Å². The number of ether oxygens (including phenoxy) is 4. The Morgan fingerprint density at radius 2 is 1.97 bits per heavy atom. The zero-order valence-corrected chi connectivity index (χ0v) is 21.5. The van der Waals surface area contributed by atoms with Gasteiger partial charge in [0.05, 0.1) is 25.6 Å². The Morgan fingerprint density at radius 1 is 1.30 bits per heavy atom. The van der Waals surface area contributed by atoms with E-state index in [1.165, 1.54) is 25.4 Å². The van der Waals surface area contributed by atoms with Gasteiger partial charge >= 0.3 is 12.6 Å². The average molecular weight is 520 g/mol. The minimum atomic E-state index is -3.15. The molecule has 1 aromatic carbocycles. The van der Waals surface area contributed by atoms with Gasteiger partial charge in [-0.25, -0.2) is 9.78 Å². The monoisotopic (exact) mass is 519 g/mol. The van der Waals surface area contributed by atoms with E-state index in [-0.39, 0.29) is 35.5 Å². The number of nitrogens with zero attached hydrogens (tertiary/aromatic N) is 2. The molecular weight excluding hydrogens is 488 g/mol. The molecule has 0 saturated heterocycles. The summed E-state index contributed by atoms with van der Waals surface area (Å²) in [5.74, 6) is -0.622. The maximum Gasteiger partial charge on any atom is 0.387 e. The van der Waals surface area contributed by atoms with Crippen molar-refractivity contribution in [3.63, 3.8) is 0 Å². The second-order valence-electron chi connectivity index (χ2n) is 8.82. The molecule has 1 aromatic heterocycles. The highest BCUT2D eigenvalue weighted by Gasteiger charge is 2.32. The second-order valence-corrected chi connectivity index (χ2v) is 8.82. The summed E-state index contributed by atoms with van der Waals surface area (Å²) in [4.78, 5) is 29.3. The van der Waals surface area contributed by atoms with E-state index in [1.807, 2.05) is 0 Å². The first-order valence-corrected chi connectivity index (χ1v) is 11.7. The Balaban J connectivity index is 1.99. The number of methoxy groups -OCH3 is 1. The molecule has 1 N–H and O–H groups in total. The number of benzene rings is 1. The highest BCUT2D eigenvalue weighted by atomic mass is 19.3. The highest BCUT2D eigenvalue weighted by Crippen LogP contribution is 2.37. The van der Waals surface area contributed by atoms with Crippen LogP contribution in [-0.4, -0.2) is 53.4 Å². The van der Waals surface area contributed by atoms with Gasteiger partial charge in [-0.1, -0.05) is 6.58 Å². The predicted molar refractivity (Wildman–Crippen MR) is 132 cm³/mol. The zero-order valence-electron chi connectivity index (χ0n) is 21.5. The number of allylic oxidation sites excluding steroid dienone is 1. The Morgan fingerprint density at radius 3 is 2.54 bits per heavy atom. The maximum atomic E-state index is 13.2. The molecule has 37 heavy (non-hydrogen) atoms. The lowest BCUT2D eigenvalue weighted by atomic mass is 10.1. The molecule has 9 nitrogen and oxygen atoms in total. The molecule has 3 rings (SSSR count). The molecule has 0 unspecified atom stereocenters. The van der Waals surface area contributed by atoms with Crippen LogP contribution in [0.4, 0.5) is 8.78 Å². The fraction of sp³-hybridized carbons (Fsp3) is 0.423. The SMILES string of the molecule is C=C/C(=C\c1ncc(-c2cc(OC)c(C(=O)NC3CC3)c(OC(F)F)c2)n1C)OC(C)(C)C(=O)OCC. The van der Waals surface area contributed by atoms with Gasteiger partial charge in [-0.05, 0) is 51.8 Å². The van der Waals surface area contributed by atoms with Crippen molar-refractivity contribution in [1.29, 1.82) is 0 Å². The van der Waals surface area contributed by atoms with Crippen molar-refractivity contribution in [3.05, 3.63) is 48.1 Å². The normalized spacial score (nSPS) is 13.8. The van der Waals surface area contributed by atoms with E-state index in [9.17, 15) is 18.4 Å². The third-order valence-corrected chi connectivity index (χ3v) is 5.57. The minimum Gasteiger partial charge on any atom is -0.496 e. The highest BCUT2D eigenvalue weighted by molar-refractivity contribution is 6.01. The third-order valence-electron chi connectivity index (χ3n) is 5.57. The number of halogens is 2.